The normalized spacial score (nSPS) is 11.5. The number of halogens is 2. The van der Waals surface area contributed by atoms with Gasteiger partial charge < -0.3 is 16.0 Å². The Bertz CT molecular complexity index is 423. The summed E-state index contributed by atoms with van der Waals surface area (Å²) in [5, 5.41) is 19.2. The molecule has 1 rings (SSSR count). The molecule has 1 aromatic rings. The van der Waals surface area contributed by atoms with Crippen LogP contribution in [0.15, 0.2) is 17.3 Å². The van der Waals surface area contributed by atoms with Crippen LogP contribution >= 0.6 is 0 Å². The number of nitrogens with zero attached hydrogens (tertiary/aromatic N) is 1. The Morgan fingerprint density at radius 2 is 1.80 bits per heavy atom. The van der Waals surface area contributed by atoms with Gasteiger partial charge in [0.1, 0.15) is 17.2 Å². The number of nitrogens with two attached hydrogens (primary N) is 1. The van der Waals surface area contributed by atoms with Crippen LogP contribution in [0.25, 0.3) is 0 Å². The van der Waals surface area contributed by atoms with Gasteiger partial charge in [-0.3, -0.25) is 0 Å². The van der Waals surface area contributed by atoms with E-state index in [1.165, 1.54) is 0 Å². The van der Waals surface area contributed by atoms with Gasteiger partial charge in [0.25, 0.3) is 0 Å². The van der Waals surface area contributed by atoms with E-state index < -0.39 is 29.0 Å². The number of aromatic carboxylic acids is 1. The van der Waals surface area contributed by atoms with Crippen molar-refractivity contribution in [2.24, 2.45) is 10.9 Å². The van der Waals surface area contributed by atoms with Crippen molar-refractivity contribution in [3.8, 4) is 0 Å². The Morgan fingerprint density at radius 3 is 2.13 bits per heavy atom. The molecule has 1 aromatic carbocycles. The molecule has 0 aliphatic rings. The lowest BCUT2D eigenvalue weighted by atomic mass is 10.1. The Balaban J connectivity index is 3.38. The summed E-state index contributed by atoms with van der Waals surface area (Å²) >= 11 is 0. The zero-order valence-corrected chi connectivity index (χ0v) is 7.24. The molecule has 0 unspecified atom stereocenters. The van der Waals surface area contributed by atoms with E-state index in [1.54, 1.807) is 0 Å². The van der Waals surface area contributed by atoms with Gasteiger partial charge in [-0.1, -0.05) is 5.16 Å². The number of carbonyl (C=O) groups is 1. The summed E-state index contributed by atoms with van der Waals surface area (Å²) in [7, 11) is 0. The summed E-state index contributed by atoms with van der Waals surface area (Å²) in [6, 6.07) is 1.34. The van der Waals surface area contributed by atoms with Crippen molar-refractivity contribution in [1.82, 2.24) is 0 Å². The lowest BCUT2D eigenvalue weighted by Gasteiger charge is -2.03. The molecule has 0 fully saturated rings. The topological polar surface area (TPSA) is 95.9 Å². The van der Waals surface area contributed by atoms with Crippen LogP contribution in [0.3, 0.4) is 0 Å². The SMILES string of the molecule is N/C(=N/O)c1cc(F)c(C(=O)O)c(F)c1. The Morgan fingerprint density at radius 1 is 1.33 bits per heavy atom. The van der Waals surface area contributed by atoms with Crippen molar-refractivity contribution in [3.05, 3.63) is 34.9 Å². The second-order valence-corrected chi connectivity index (χ2v) is 2.61. The summed E-state index contributed by atoms with van der Waals surface area (Å²) < 4.78 is 26.1. The van der Waals surface area contributed by atoms with Crippen LogP contribution in [-0.2, 0) is 0 Å². The predicted octanol–water partition coefficient (Wildman–Crippen LogP) is 0.757. The molecule has 0 radical (unpaired) electrons. The maximum Gasteiger partial charge on any atom is 0.341 e. The molecule has 0 amide bonds. The maximum absolute atomic E-state index is 13.0. The van der Waals surface area contributed by atoms with Gasteiger partial charge >= 0.3 is 5.97 Å². The van der Waals surface area contributed by atoms with Crippen LogP contribution in [0, 0.1) is 11.6 Å². The zero-order valence-electron chi connectivity index (χ0n) is 7.24. The second kappa shape index (κ2) is 3.91. The molecule has 0 heterocycles. The monoisotopic (exact) mass is 216 g/mol. The number of amidine groups is 1. The number of carboxylic acid groups (broad SMARTS) is 1. The van der Waals surface area contributed by atoms with E-state index >= 15 is 0 Å². The van der Waals surface area contributed by atoms with E-state index in [9.17, 15) is 13.6 Å². The third-order valence-electron chi connectivity index (χ3n) is 1.66. The van der Waals surface area contributed by atoms with Crippen LogP contribution in [-0.4, -0.2) is 22.1 Å². The van der Waals surface area contributed by atoms with Crippen LogP contribution in [0.2, 0.25) is 0 Å². The first-order valence-corrected chi connectivity index (χ1v) is 3.67. The summed E-state index contributed by atoms with van der Waals surface area (Å²) in [4.78, 5) is 10.4. The fourth-order valence-electron chi connectivity index (χ4n) is 0.983. The van der Waals surface area contributed by atoms with E-state index in [0.29, 0.717) is 12.1 Å². The third-order valence-corrected chi connectivity index (χ3v) is 1.66. The lowest BCUT2D eigenvalue weighted by molar-refractivity contribution is 0.0686. The van der Waals surface area contributed by atoms with Crippen molar-refractivity contribution in [2.45, 2.75) is 0 Å². The summed E-state index contributed by atoms with van der Waals surface area (Å²) in [5.41, 5.74) is 3.76. The first-order valence-electron chi connectivity index (χ1n) is 3.67. The highest BCUT2D eigenvalue weighted by Gasteiger charge is 2.18. The van der Waals surface area contributed by atoms with E-state index in [4.69, 9.17) is 16.0 Å². The van der Waals surface area contributed by atoms with Gasteiger partial charge in [0.2, 0.25) is 0 Å². The van der Waals surface area contributed by atoms with Gasteiger partial charge in [0.15, 0.2) is 5.84 Å². The average molecular weight is 216 g/mol. The first kappa shape index (κ1) is 10.9. The maximum atomic E-state index is 13.0. The molecule has 80 valence electrons. The van der Waals surface area contributed by atoms with Crippen LogP contribution < -0.4 is 5.73 Å². The molecule has 4 N–H and O–H groups in total. The van der Waals surface area contributed by atoms with Gasteiger partial charge in [-0.05, 0) is 12.1 Å². The largest absolute Gasteiger partial charge is 0.477 e. The minimum Gasteiger partial charge on any atom is -0.477 e. The van der Waals surface area contributed by atoms with Crippen LogP contribution in [0.5, 0.6) is 0 Å². The van der Waals surface area contributed by atoms with Crippen molar-refractivity contribution in [2.75, 3.05) is 0 Å². The first-order chi connectivity index (χ1) is 6.97. The van der Waals surface area contributed by atoms with Gasteiger partial charge in [-0.2, -0.15) is 0 Å². The van der Waals surface area contributed by atoms with Crippen LogP contribution in [0.1, 0.15) is 15.9 Å². The molecule has 0 spiro atoms. The van der Waals surface area contributed by atoms with E-state index in [2.05, 4.69) is 5.16 Å². The van der Waals surface area contributed by atoms with E-state index in [0.717, 1.165) is 0 Å². The third kappa shape index (κ3) is 2.01. The number of rotatable bonds is 2. The van der Waals surface area contributed by atoms with Crippen LogP contribution in [0.4, 0.5) is 8.78 Å². The Labute approximate surface area is 82.4 Å². The highest BCUT2D eigenvalue weighted by molar-refractivity contribution is 5.98. The Kier molecular flexibility index (Phi) is 2.84. The predicted molar refractivity (Wildman–Crippen MR) is 45.8 cm³/mol. The average Bonchev–Trinajstić information content (AvgIpc) is 2.14. The minimum atomic E-state index is -1.73. The molecule has 0 aliphatic heterocycles. The molecular formula is C8H6F2N2O3. The van der Waals surface area contributed by atoms with Crippen molar-refractivity contribution in [1.29, 1.82) is 0 Å². The Hall–Kier alpha value is -2.18. The molecule has 5 nitrogen and oxygen atoms in total. The molecule has 0 saturated heterocycles. The molecule has 15 heavy (non-hydrogen) atoms. The van der Waals surface area contributed by atoms with Gasteiger partial charge in [0.05, 0.1) is 0 Å². The number of carboxylic acids is 1. The fourth-order valence-corrected chi connectivity index (χ4v) is 0.983. The summed E-state index contributed by atoms with van der Waals surface area (Å²) in [5.74, 6) is -4.81. The zero-order chi connectivity index (χ0) is 11.6. The summed E-state index contributed by atoms with van der Waals surface area (Å²) in [6.07, 6.45) is 0. The molecule has 0 saturated carbocycles. The fraction of sp³-hybridized carbons (Fsp3) is 0. The van der Waals surface area contributed by atoms with Gasteiger partial charge in [-0.25, -0.2) is 13.6 Å². The molecule has 0 bridgehead atoms. The summed E-state index contributed by atoms with van der Waals surface area (Å²) in [6.45, 7) is 0. The molecule has 0 atom stereocenters. The number of hydrogen-bond donors (Lipinski definition) is 3. The quantitative estimate of drug-likeness (QED) is 0.294. The highest BCUT2D eigenvalue weighted by Crippen LogP contribution is 2.15. The van der Waals surface area contributed by atoms with Gasteiger partial charge in [0, 0.05) is 5.56 Å². The van der Waals surface area contributed by atoms with Gasteiger partial charge in [-0.15, -0.1) is 0 Å². The molecule has 0 aliphatic carbocycles. The number of benzene rings is 1. The molecule has 0 aromatic heterocycles. The van der Waals surface area contributed by atoms with E-state index in [1.807, 2.05) is 0 Å². The van der Waals surface area contributed by atoms with E-state index in [-0.39, 0.29) is 5.56 Å². The van der Waals surface area contributed by atoms with Crippen molar-refractivity contribution in [3.63, 3.8) is 0 Å². The minimum absolute atomic E-state index is 0.238. The van der Waals surface area contributed by atoms with Crippen molar-refractivity contribution >= 4 is 11.8 Å². The number of oxime groups is 1. The smallest absolute Gasteiger partial charge is 0.341 e. The molecular weight excluding hydrogens is 210 g/mol. The second-order valence-electron chi connectivity index (χ2n) is 2.61. The van der Waals surface area contributed by atoms with Crippen molar-refractivity contribution < 1.29 is 23.9 Å². The highest BCUT2D eigenvalue weighted by atomic mass is 19.1. The standard InChI is InChI=1S/C8H6F2N2O3/c9-4-1-3(7(11)12-15)2-5(10)6(4)8(13)14/h1-2,15H,(H2,11,12)(H,13,14). The lowest BCUT2D eigenvalue weighted by Crippen LogP contribution is -2.15. The molecule has 7 heteroatoms. The number of hydrogen-bond acceptors (Lipinski definition) is 3.